The molecule has 0 aliphatic rings. The lowest BCUT2D eigenvalue weighted by molar-refractivity contribution is -0.138. The van der Waals surface area contributed by atoms with Crippen molar-refractivity contribution < 1.29 is 34.2 Å². The van der Waals surface area contributed by atoms with Crippen molar-refractivity contribution in [1.82, 2.24) is 14.9 Å². The zero-order chi connectivity index (χ0) is 25.5. The van der Waals surface area contributed by atoms with E-state index >= 15 is 0 Å². The molecule has 11 nitrogen and oxygen atoms in total. The van der Waals surface area contributed by atoms with Gasteiger partial charge in [0.15, 0.2) is 5.78 Å². The molecule has 184 valence electrons. The molecule has 34 heavy (non-hydrogen) atoms. The van der Waals surface area contributed by atoms with Crippen LogP contribution in [0.5, 0.6) is 0 Å². The molecule has 0 saturated heterocycles. The molecular weight excluding hydrogens is 464 g/mol. The highest BCUT2D eigenvalue weighted by atomic mass is 32.1. The Morgan fingerprint density at radius 3 is 2.32 bits per heavy atom. The standard InChI is InChI=1S/C21H26N4O5S.CH2O2/c1-2-16(18(26)11-15(21(22)30)8-10-20(28)29)23-19(27)9-5-13-3-6-14(7-4-13)17-12-31-25-24-17;2-1-3/h3-4,6-7,12,15-16H,2,5,8-11H2,1H3,(H2,22,30)(H,23,27)(H,28,29);1H,(H,2,3)/t15-,16+;/m1./s1. The van der Waals surface area contributed by atoms with E-state index in [4.69, 9.17) is 20.7 Å². The predicted molar refractivity (Wildman–Crippen MR) is 124 cm³/mol. The Balaban J connectivity index is 0.00000182. The second-order valence-electron chi connectivity index (χ2n) is 7.32. The van der Waals surface area contributed by atoms with Gasteiger partial charge in [-0.3, -0.25) is 24.0 Å². The van der Waals surface area contributed by atoms with Crippen LogP contribution in [0.15, 0.2) is 29.6 Å². The summed E-state index contributed by atoms with van der Waals surface area (Å²) in [4.78, 5) is 55.4. The molecule has 2 atom stereocenters. The third-order valence-corrected chi connectivity index (χ3v) is 5.44. The van der Waals surface area contributed by atoms with Crippen molar-refractivity contribution in [3.8, 4) is 11.3 Å². The van der Waals surface area contributed by atoms with Crippen LogP contribution in [0.2, 0.25) is 0 Å². The van der Waals surface area contributed by atoms with Gasteiger partial charge in [-0.05, 0) is 36.4 Å². The number of rotatable bonds is 13. The van der Waals surface area contributed by atoms with Crippen LogP contribution in [0.25, 0.3) is 11.3 Å². The molecule has 12 heteroatoms. The molecule has 0 saturated carbocycles. The monoisotopic (exact) mass is 492 g/mol. The fourth-order valence-electron chi connectivity index (χ4n) is 3.09. The normalized spacial score (nSPS) is 11.9. The third kappa shape index (κ3) is 10.3. The lowest BCUT2D eigenvalue weighted by Gasteiger charge is -2.19. The molecule has 0 aliphatic carbocycles. The Kier molecular flexibility index (Phi) is 12.7. The quantitative estimate of drug-likeness (QED) is 0.301. The number of aromatic nitrogens is 2. The molecule has 0 radical (unpaired) electrons. The topological polar surface area (TPSA) is 190 Å². The van der Waals surface area contributed by atoms with Crippen molar-refractivity contribution in [2.75, 3.05) is 0 Å². The summed E-state index contributed by atoms with van der Waals surface area (Å²) < 4.78 is 3.84. The molecule has 0 fully saturated rings. The Labute approximate surface area is 200 Å². The molecule has 0 aliphatic heterocycles. The number of aliphatic carboxylic acids is 1. The van der Waals surface area contributed by atoms with Crippen LogP contribution in [-0.2, 0) is 30.4 Å². The SMILES string of the molecule is CC[C@H](NC(=O)CCc1ccc(-c2csnn2)cc1)C(=O)C[C@@H](CCC(=O)O)C(N)=O.O=CO. The number of Topliss-reactive ketones (excluding diaryl/α,β-unsaturated/α-hetero) is 1. The summed E-state index contributed by atoms with van der Waals surface area (Å²) in [6, 6.07) is 6.94. The number of primary amides is 1. The molecule has 1 aromatic heterocycles. The minimum Gasteiger partial charge on any atom is -0.483 e. The van der Waals surface area contributed by atoms with Crippen molar-refractivity contribution >= 4 is 41.6 Å². The van der Waals surface area contributed by atoms with Gasteiger partial charge in [0.05, 0.1) is 6.04 Å². The largest absolute Gasteiger partial charge is 0.483 e. The highest BCUT2D eigenvalue weighted by Gasteiger charge is 2.25. The molecule has 0 spiro atoms. The van der Waals surface area contributed by atoms with Crippen LogP contribution < -0.4 is 11.1 Å². The first kappa shape index (κ1) is 28.4. The van der Waals surface area contributed by atoms with E-state index in [1.165, 1.54) is 11.5 Å². The number of carbonyl (C=O) groups excluding carboxylic acids is 3. The van der Waals surface area contributed by atoms with E-state index in [-0.39, 0.29) is 43.8 Å². The summed E-state index contributed by atoms with van der Waals surface area (Å²) in [6.45, 7) is 1.51. The molecule has 1 heterocycles. The number of nitrogens with two attached hydrogens (primary N) is 1. The van der Waals surface area contributed by atoms with Gasteiger partial charge < -0.3 is 21.3 Å². The molecule has 1 aromatic carbocycles. The maximum absolute atomic E-state index is 12.5. The second kappa shape index (κ2) is 15.2. The van der Waals surface area contributed by atoms with E-state index in [9.17, 15) is 19.2 Å². The number of nitrogens with one attached hydrogen (secondary N) is 1. The van der Waals surface area contributed by atoms with Crippen molar-refractivity contribution in [3.05, 3.63) is 35.2 Å². The summed E-state index contributed by atoms with van der Waals surface area (Å²) in [7, 11) is 0. The van der Waals surface area contributed by atoms with Crippen LogP contribution in [-0.4, -0.2) is 55.9 Å². The fraction of sp³-hybridized carbons (Fsp3) is 0.409. The average Bonchev–Trinajstić information content (AvgIpc) is 3.34. The van der Waals surface area contributed by atoms with E-state index in [1.807, 2.05) is 29.6 Å². The van der Waals surface area contributed by atoms with Gasteiger partial charge >= 0.3 is 5.97 Å². The van der Waals surface area contributed by atoms with Gasteiger partial charge in [-0.1, -0.05) is 35.7 Å². The lowest BCUT2D eigenvalue weighted by atomic mass is 9.92. The molecular formula is C22H28N4O7S. The molecule has 2 rings (SSSR count). The first-order valence-electron chi connectivity index (χ1n) is 10.5. The predicted octanol–water partition coefficient (Wildman–Crippen LogP) is 1.66. The van der Waals surface area contributed by atoms with Crippen molar-refractivity contribution in [1.29, 1.82) is 0 Å². The third-order valence-electron chi connectivity index (χ3n) is 4.94. The average molecular weight is 493 g/mol. The van der Waals surface area contributed by atoms with Gasteiger partial charge in [0, 0.05) is 36.1 Å². The number of carboxylic acid groups (broad SMARTS) is 2. The summed E-state index contributed by atoms with van der Waals surface area (Å²) in [5.74, 6) is -3.23. The first-order chi connectivity index (χ1) is 16.2. The van der Waals surface area contributed by atoms with E-state index < -0.39 is 23.8 Å². The highest BCUT2D eigenvalue weighted by molar-refractivity contribution is 7.03. The number of benzene rings is 1. The Bertz CT molecular complexity index is 949. The molecule has 0 unspecified atom stereocenters. The van der Waals surface area contributed by atoms with Crippen LogP contribution in [0.3, 0.4) is 0 Å². The number of ketones is 1. The Hall–Kier alpha value is -3.67. The minimum atomic E-state index is -1.06. The van der Waals surface area contributed by atoms with Crippen molar-refractivity contribution in [3.63, 3.8) is 0 Å². The fourth-order valence-corrected chi connectivity index (χ4v) is 3.56. The number of carboxylic acids is 1. The zero-order valence-corrected chi connectivity index (χ0v) is 19.5. The molecule has 0 bridgehead atoms. The van der Waals surface area contributed by atoms with Gasteiger partial charge in [0.2, 0.25) is 11.8 Å². The van der Waals surface area contributed by atoms with Gasteiger partial charge in [0.25, 0.3) is 6.47 Å². The summed E-state index contributed by atoms with van der Waals surface area (Å²) in [5, 5.41) is 24.2. The zero-order valence-electron chi connectivity index (χ0n) is 18.7. The number of aryl methyl sites for hydroxylation is 1. The van der Waals surface area contributed by atoms with Gasteiger partial charge in [0.1, 0.15) is 5.69 Å². The van der Waals surface area contributed by atoms with Crippen molar-refractivity contribution in [2.45, 2.75) is 51.5 Å². The summed E-state index contributed by atoms with van der Waals surface area (Å²) in [6.07, 6.45) is 0.642. The summed E-state index contributed by atoms with van der Waals surface area (Å²) in [5.41, 5.74) is 8.02. The maximum Gasteiger partial charge on any atom is 0.303 e. The Morgan fingerprint density at radius 2 is 1.82 bits per heavy atom. The maximum atomic E-state index is 12.5. The number of hydrogen-bond acceptors (Lipinski definition) is 8. The second-order valence-corrected chi connectivity index (χ2v) is 7.93. The van der Waals surface area contributed by atoms with E-state index in [1.54, 1.807) is 6.92 Å². The molecule has 5 N–H and O–H groups in total. The highest BCUT2D eigenvalue weighted by Crippen LogP contribution is 2.19. The van der Waals surface area contributed by atoms with Crippen LogP contribution in [0.4, 0.5) is 0 Å². The van der Waals surface area contributed by atoms with E-state index in [2.05, 4.69) is 14.9 Å². The van der Waals surface area contributed by atoms with Crippen LogP contribution in [0.1, 0.15) is 44.6 Å². The number of hydrogen-bond donors (Lipinski definition) is 4. The first-order valence-corrected chi connectivity index (χ1v) is 11.3. The smallest absolute Gasteiger partial charge is 0.303 e. The number of nitrogens with zero attached hydrogens (tertiary/aromatic N) is 2. The molecule has 2 aromatic rings. The van der Waals surface area contributed by atoms with E-state index in [0.717, 1.165) is 16.8 Å². The van der Waals surface area contributed by atoms with Gasteiger partial charge in [-0.15, -0.1) is 5.10 Å². The minimum absolute atomic E-state index is 0.00620. The van der Waals surface area contributed by atoms with Crippen LogP contribution >= 0.6 is 11.5 Å². The lowest BCUT2D eigenvalue weighted by Crippen LogP contribution is -2.42. The van der Waals surface area contributed by atoms with Gasteiger partial charge in [-0.25, -0.2) is 0 Å². The molecule has 2 amide bonds. The number of amides is 2. The Morgan fingerprint density at radius 1 is 1.18 bits per heavy atom. The van der Waals surface area contributed by atoms with Gasteiger partial charge in [-0.2, -0.15) is 0 Å². The number of carbonyl (C=O) groups is 5. The van der Waals surface area contributed by atoms with E-state index in [0.29, 0.717) is 12.8 Å². The van der Waals surface area contributed by atoms with Crippen molar-refractivity contribution in [2.24, 2.45) is 11.7 Å². The van der Waals surface area contributed by atoms with Crippen LogP contribution in [0, 0.1) is 5.92 Å². The summed E-state index contributed by atoms with van der Waals surface area (Å²) >= 11 is 1.28.